The Morgan fingerprint density at radius 2 is 2.20 bits per heavy atom. The first-order valence-electron chi connectivity index (χ1n) is 6.13. The van der Waals surface area contributed by atoms with E-state index >= 15 is 0 Å². The Morgan fingerprint density at radius 1 is 1.35 bits per heavy atom. The third-order valence-corrected chi connectivity index (χ3v) is 5.18. The molecule has 2 aromatic heterocycles. The van der Waals surface area contributed by atoms with Crippen molar-refractivity contribution in [3.05, 3.63) is 36.2 Å². The summed E-state index contributed by atoms with van der Waals surface area (Å²) in [5.41, 5.74) is 5.94. The molecule has 2 N–H and O–H groups in total. The standard InChI is InChI=1S/C11H14N6O2S/c12-6-9-10(2-1-3-13-9)20(18,19)17-5-4-16-8-14-15-11(16)7-17/h1-3,8H,4-7,12H2. The van der Waals surface area contributed by atoms with Gasteiger partial charge in [0.2, 0.25) is 10.0 Å². The minimum atomic E-state index is -3.62. The van der Waals surface area contributed by atoms with Crippen LogP contribution in [0.4, 0.5) is 0 Å². The summed E-state index contributed by atoms with van der Waals surface area (Å²) in [6.45, 7) is 1.22. The quantitative estimate of drug-likeness (QED) is 0.805. The van der Waals surface area contributed by atoms with Gasteiger partial charge in [0.15, 0.2) is 0 Å². The fourth-order valence-corrected chi connectivity index (χ4v) is 3.77. The molecule has 0 radical (unpaired) electrons. The first kappa shape index (κ1) is 13.2. The molecule has 0 unspecified atom stereocenters. The molecule has 0 aromatic carbocycles. The zero-order valence-corrected chi connectivity index (χ0v) is 11.5. The highest BCUT2D eigenvalue weighted by atomic mass is 32.2. The molecule has 0 saturated heterocycles. The highest BCUT2D eigenvalue weighted by Gasteiger charge is 2.30. The van der Waals surface area contributed by atoms with Crippen molar-refractivity contribution in [3.8, 4) is 0 Å². The van der Waals surface area contributed by atoms with Crippen molar-refractivity contribution in [3.63, 3.8) is 0 Å². The molecule has 3 rings (SSSR count). The molecule has 1 aliphatic heterocycles. The molecule has 9 heteroatoms. The topological polar surface area (TPSA) is 107 Å². The summed E-state index contributed by atoms with van der Waals surface area (Å²) < 4.78 is 28.6. The molecular weight excluding hydrogens is 280 g/mol. The second-order valence-corrected chi connectivity index (χ2v) is 6.34. The minimum Gasteiger partial charge on any atom is -0.325 e. The van der Waals surface area contributed by atoms with Crippen LogP contribution < -0.4 is 5.73 Å². The van der Waals surface area contributed by atoms with Crippen LogP contribution in [0.1, 0.15) is 11.5 Å². The Kier molecular flexibility index (Phi) is 3.24. The van der Waals surface area contributed by atoms with Crippen LogP contribution in [0.3, 0.4) is 0 Å². The van der Waals surface area contributed by atoms with Gasteiger partial charge in [0.25, 0.3) is 0 Å². The molecule has 0 spiro atoms. The first-order valence-corrected chi connectivity index (χ1v) is 7.57. The van der Waals surface area contributed by atoms with Gasteiger partial charge in [-0.15, -0.1) is 10.2 Å². The third kappa shape index (κ3) is 2.09. The second-order valence-electron chi connectivity index (χ2n) is 4.43. The minimum absolute atomic E-state index is 0.0828. The molecule has 2 aromatic rings. The van der Waals surface area contributed by atoms with E-state index in [-0.39, 0.29) is 18.0 Å². The van der Waals surface area contributed by atoms with Crippen LogP contribution in [0.2, 0.25) is 0 Å². The van der Waals surface area contributed by atoms with E-state index in [4.69, 9.17) is 5.73 Å². The number of fused-ring (bicyclic) bond motifs is 1. The molecule has 0 bridgehead atoms. The van der Waals surface area contributed by atoms with E-state index in [1.807, 2.05) is 4.57 Å². The van der Waals surface area contributed by atoms with Gasteiger partial charge in [0, 0.05) is 25.8 Å². The predicted octanol–water partition coefficient (Wildman–Crippen LogP) is -0.664. The normalized spacial score (nSPS) is 16.1. The van der Waals surface area contributed by atoms with Crippen LogP contribution in [0, 0.1) is 0 Å². The van der Waals surface area contributed by atoms with Crippen molar-refractivity contribution in [2.24, 2.45) is 5.73 Å². The van der Waals surface area contributed by atoms with Crippen molar-refractivity contribution in [1.29, 1.82) is 0 Å². The molecule has 1 aliphatic rings. The number of sulfonamides is 1. The van der Waals surface area contributed by atoms with Crippen LogP contribution in [-0.4, -0.2) is 39.0 Å². The van der Waals surface area contributed by atoms with Crippen molar-refractivity contribution < 1.29 is 8.42 Å². The second kappa shape index (κ2) is 4.93. The lowest BCUT2D eigenvalue weighted by Gasteiger charge is -2.26. The summed E-state index contributed by atoms with van der Waals surface area (Å²) in [4.78, 5) is 4.19. The van der Waals surface area contributed by atoms with Gasteiger partial charge in [-0.1, -0.05) is 0 Å². The number of nitrogens with two attached hydrogens (primary N) is 1. The lowest BCUT2D eigenvalue weighted by molar-refractivity contribution is 0.335. The van der Waals surface area contributed by atoms with Crippen molar-refractivity contribution >= 4 is 10.0 Å². The van der Waals surface area contributed by atoms with Gasteiger partial charge in [-0.3, -0.25) is 4.98 Å². The smallest absolute Gasteiger partial charge is 0.245 e. The van der Waals surface area contributed by atoms with E-state index in [1.165, 1.54) is 16.6 Å². The maximum atomic E-state index is 12.7. The predicted molar refractivity (Wildman–Crippen MR) is 69.7 cm³/mol. The molecule has 0 saturated carbocycles. The molecule has 106 valence electrons. The number of hydrogen-bond donors (Lipinski definition) is 1. The number of pyridine rings is 1. The number of nitrogens with zero attached hydrogens (tertiary/aromatic N) is 5. The number of aromatic nitrogens is 4. The average Bonchev–Trinajstić information content (AvgIpc) is 2.94. The van der Waals surface area contributed by atoms with E-state index in [0.717, 1.165) is 0 Å². The van der Waals surface area contributed by atoms with Gasteiger partial charge < -0.3 is 10.3 Å². The van der Waals surface area contributed by atoms with Crippen LogP contribution in [0.5, 0.6) is 0 Å². The Labute approximate surface area is 116 Å². The summed E-state index contributed by atoms with van der Waals surface area (Å²) in [6, 6.07) is 3.13. The molecule has 20 heavy (non-hydrogen) atoms. The van der Waals surface area contributed by atoms with Gasteiger partial charge in [-0.25, -0.2) is 8.42 Å². The van der Waals surface area contributed by atoms with Gasteiger partial charge >= 0.3 is 0 Å². The van der Waals surface area contributed by atoms with Gasteiger partial charge in [0.05, 0.1) is 12.2 Å². The Bertz CT molecular complexity index is 726. The molecule has 8 nitrogen and oxygen atoms in total. The van der Waals surface area contributed by atoms with Gasteiger partial charge in [-0.2, -0.15) is 4.31 Å². The lowest BCUT2D eigenvalue weighted by atomic mass is 10.3. The monoisotopic (exact) mass is 294 g/mol. The van der Waals surface area contributed by atoms with E-state index in [2.05, 4.69) is 15.2 Å². The highest BCUT2D eigenvalue weighted by Crippen LogP contribution is 2.22. The zero-order valence-electron chi connectivity index (χ0n) is 10.7. The Morgan fingerprint density at radius 3 is 3.00 bits per heavy atom. The van der Waals surface area contributed by atoms with Crippen molar-refractivity contribution in [2.75, 3.05) is 6.54 Å². The average molecular weight is 294 g/mol. The maximum absolute atomic E-state index is 12.7. The Balaban J connectivity index is 1.97. The molecular formula is C11H14N6O2S. The van der Waals surface area contributed by atoms with E-state index in [1.54, 1.807) is 12.4 Å². The van der Waals surface area contributed by atoms with Crippen molar-refractivity contribution in [1.82, 2.24) is 24.1 Å². The van der Waals surface area contributed by atoms with Gasteiger partial charge in [0.1, 0.15) is 17.0 Å². The fraction of sp³-hybridized carbons (Fsp3) is 0.364. The lowest BCUT2D eigenvalue weighted by Crippen LogP contribution is -2.38. The van der Waals surface area contributed by atoms with E-state index in [9.17, 15) is 8.42 Å². The summed E-state index contributed by atoms with van der Waals surface area (Å²) >= 11 is 0. The van der Waals surface area contributed by atoms with Crippen molar-refractivity contribution in [2.45, 2.75) is 24.5 Å². The number of rotatable bonds is 3. The third-order valence-electron chi connectivity index (χ3n) is 3.26. The fourth-order valence-electron chi connectivity index (χ4n) is 2.20. The van der Waals surface area contributed by atoms with Crippen LogP contribution in [0.25, 0.3) is 0 Å². The van der Waals surface area contributed by atoms with E-state index < -0.39 is 10.0 Å². The van der Waals surface area contributed by atoms with Crippen LogP contribution >= 0.6 is 0 Å². The number of hydrogen-bond acceptors (Lipinski definition) is 6. The highest BCUT2D eigenvalue weighted by molar-refractivity contribution is 7.89. The molecule has 0 fully saturated rings. The first-order chi connectivity index (χ1) is 9.63. The van der Waals surface area contributed by atoms with Crippen LogP contribution in [-0.2, 0) is 29.7 Å². The van der Waals surface area contributed by atoms with E-state index in [0.29, 0.717) is 24.6 Å². The summed E-state index contributed by atoms with van der Waals surface area (Å²) in [7, 11) is -3.62. The summed E-state index contributed by atoms with van der Waals surface area (Å²) in [5, 5.41) is 7.71. The Hall–Kier alpha value is -1.84. The zero-order chi connectivity index (χ0) is 14.2. The van der Waals surface area contributed by atoms with Gasteiger partial charge in [-0.05, 0) is 12.1 Å². The largest absolute Gasteiger partial charge is 0.325 e. The SMILES string of the molecule is NCc1ncccc1S(=O)(=O)N1CCn2cnnc2C1. The molecule has 3 heterocycles. The molecule has 0 aliphatic carbocycles. The molecule has 0 amide bonds. The summed E-state index contributed by atoms with van der Waals surface area (Å²) in [6.07, 6.45) is 3.14. The molecule has 0 atom stereocenters. The van der Waals surface area contributed by atoms with Crippen LogP contribution in [0.15, 0.2) is 29.6 Å². The maximum Gasteiger partial charge on any atom is 0.245 e. The summed E-state index contributed by atoms with van der Waals surface area (Å²) in [5.74, 6) is 0.637.